The molecule has 0 aromatic carbocycles. The average molecular weight is 244 g/mol. The molecule has 0 saturated carbocycles. The predicted molar refractivity (Wildman–Crippen MR) is 65.4 cm³/mol. The highest BCUT2D eigenvalue weighted by Gasteiger charge is 2.07. The van der Waals surface area contributed by atoms with Crippen LogP contribution in [0.1, 0.15) is 5.56 Å². The van der Waals surface area contributed by atoms with E-state index in [-0.39, 0.29) is 0 Å². The molecule has 2 rings (SSSR count). The molecule has 74 valence electrons. The van der Waals surface area contributed by atoms with Gasteiger partial charge in [-0.1, -0.05) is 11.6 Å². The maximum Gasteiger partial charge on any atom is 0.0628 e. The third-order valence-corrected chi connectivity index (χ3v) is 4.38. The van der Waals surface area contributed by atoms with E-state index in [0.717, 1.165) is 11.6 Å². The summed E-state index contributed by atoms with van der Waals surface area (Å²) in [6.45, 7) is 0.916. The summed E-state index contributed by atoms with van der Waals surface area (Å²) in [6, 6.07) is 4.14. The minimum Gasteiger partial charge on any atom is -0.316 e. The van der Waals surface area contributed by atoms with Gasteiger partial charge in [-0.25, -0.2) is 0 Å². The van der Waals surface area contributed by atoms with Crippen molar-refractivity contribution < 1.29 is 0 Å². The molecule has 0 aliphatic rings. The Kier molecular flexibility index (Phi) is 3.23. The Morgan fingerprint density at radius 1 is 1.43 bits per heavy atom. The third kappa shape index (κ3) is 2.01. The lowest BCUT2D eigenvalue weighted by atomic mass is 10.3. The van der Waals surface area contributed by atoms with Gasteiger partial charge in [-0.05, 0) is 35.5 Å². The van der Waals surface area contributed by atoms with Crippen molar-refractivity contribution in [1.82, 2.24) is 5.32 Å². The maximum absolute atomic E-state index is 6.06. The fourth-order valence-corrected chi connectivity index (χ4v) is 3.54. The molecule has 2 aromatic rings. The van der Waals surface area contributed by atoms with Crippen LogP contribution in [0.3, 0.4) is 0 Å². The zero-order valence-corrected chi connectivity index (χ0v) is 10.1. The van der Waals surface area contributed by atoms with Crippen molar-refractivity contribution in [1.29, 1.82) is 0 Å². The van der Waals surface area contributed by atoms with Gasteiger partial charge in [-0.15, -0.1) is 22.7 Å². The van der Waals surface area contributed by atoms with Gasteiger partial charge in [0.15, 0.2) is 0 Å². The second-order valence-electron chi connectivity index (χ2n) is 2.95. The fraction of sp³-hybridized carbons (Fsp3) is 0.200. The Labute approximate surface area is 96.4 Å². The first-order valence-electron chi connectivity index (χ1n) is 4.26. The summed E-state index contributed by atoms with van der Waals surface area (Å²) in [5.41, 5.74) is 1.32. The molecule has 0 bridgehead atoms. The molecule has 0 atom stereocenters. The lowest BCUT2D eigenvalue weighted by Crippen LogP contribution is -2.03. The minimum atomic E-state index is 0.854. The Balaban J connectivity index is 2.29. The predicted octanol–water partition coefficient (Wildman–Crippen LogP) is 3.85. The van der Waals surface area contributed by atoms with Crippen molar-refractivity contribution in [3.8, 4) is 9.75 Å². The second-order valence-corrected chi connectivity index (χ2v) is 5.18. The fourth-order valence-electron chi connectivity index (χ4n) is 1.26. The highest BCUT2D eigenvalue weighted by Crippen LogP contribution is 2.36. The van der Waals surface area contributed by atoms with E-state index < -0.39 is 0 Å². The van der Waals surface area contributed by atoms with Gasteiger partial charge < -0.3 is 5.32 Å². The molecule has 1 nitrogen and oxygen atoms in total. The summed E-state index contributed by atoms with van der Waals surface area (Å²) < 4.78 is 0. The van der Waals surface area contributed by atoms with Crippen LogP contribution in [0.25, 0.3) is 9.75 Å². The standard InChI is InChI=1S/C10H10ClNS2/c1-12-5-7-4-9(14-6-7)10-8(11)2-3-13-10/h2-4,6,12H,5H2,1H3. The molecule has 2 heterocycles. The number of hydrogen-bond donors (Lipinski definition) is 1. The smallest absolute Gasteiger partial charge is 0.0628 e. The van der Waals surface area contributed by atoms with Crippen LogP contribution in [0.5, 0.6) is 0 Å². The Bertz CT molecular complexity index is 419. The second kappa shape index (κ2) is 4.45. The third-order valence-electron chi connectivity index (χ3n) is 1.88. The van der Waals surface area contributed by atoms with Crippen LogP contribution < -0.4 is 5.32 Å². The quantitative estimate of drug-likeness (QED) is 0.864. The minimum absolute atomic E-state index is 0.854. The van der Waals surface area contributed by atoms with E-state index in [2.05, 4.69) is 16.8 Å². The van der Waals surface area contributed by atoms with Gasteiger partial charge in [-0.3, -0.25) is 0 Å². The number of rotatable bonds is 3. The first-order valence-corrected chi connectivity index (χ1v) is 6.40. The monoisotopic (exact) mass is 243 g/mol. The van der Waals surface area contributed by atoms with Crippen molar-refractivity contribution in [3.05, 3.63) is 33.5 Å². The Morgan fingerprint density at radius 3 is 2.93 bits per heavy atom. The van der Waals surface area contributed by atoms with Crippen molar-refractivity contribution in [2.75, 3.05) is 7.05 Å². The molecule has 0 fully saturated rings. The van der Waals surface area contributed by atoms with Gasteiger partial charge >= 0.3 is 0 Å². The number of hydrogen-bond acceptors (Lipinski definition) is 3. The molecule has 0 unspecified atom stereocenters. The molecule has 4 heteroatoms. The van der Waals surface area contributed by atoms with Crippen LogP contribution in [-0.2, 0) is 6.54 Å². The van der Waals surface area contributed by atoms with Crippen LogP contribution in [-0.4, -0.2) is 7.05 Å². The molecule has 14 heavy (non-hydrogen) atoms. The average Bonchev–Trinajstić information content (AvgIpc) is 2.74. The van der Waals surface area contributed by atoms with Crippen LogP contribution in [0.2, 0.25) is 5.02 Å². The largest absolute Gasteiger partial charge is 0.316 e. The Hall–Kier alpha value is -0.350. The first kappa shape index (κ1) is 10.2. The van der Waals surface area contributed by atoms with Crippen molar-refractivity contribution >= 4 is 34.3 Å². The number of halogens is 1. The van der Waals surface area contributed by atoms with E-state index in [9.17, 15) is 0 Å². The molecule has 0 radical (unpaired) electrons. The van der Waals surface area contributed by atoms with Gasteiger partial charge in [-0.2, -0.15) is 0 Å². The van der Waals surface area contributed by atoms with Crippen LogP contribution in [0.4, 0.5) is 0 Å². The first-order chi connectivity index (χ1) is 6.81. The highest BCUT2D eigenvalue weighted by molar-refractivity contribution is 7.21. The molecule has 0 amide bonds. The lowest BCUT2D eigenvalue weighted by Gasteiger charge is -1.93. The van der Waals surface area contributed by atoms with Crippen LogP contribution >= 0.6 is 34.3 Å². The number of nitrogens with one attached hydrogen (secondary N) is 1. The maximum atomic E-state index is 6.06. The van der Waals surface area contributed by atoms with Gasteiger partial charge in [0.25, 0.3) is 0 Å². The zero-order chi connectivity index (χ0) is 9.97. The van der Waals surface area contributed by atoms with Crippen LogP contribution in [0, 0.1) is 0 Å². The molecular weight excluding hydrogens is 234 g/mol. The Morgan fingerprint density at radius 2 is 2.29 bits per heavy atom. The van der Waals surface area contributed by atoms with E-state index in [1.54, 1.807) is 22.7 Å². The van der Waals surface area contributed by atoms with Crippen molar-refractivity contribution in [2.24, 2.45) is 0 Å². The van der Waals surface area contributed by atoms with Crippen LogP contribution in [0.15, 0.2) is 22.9 Å². The highest BCUT2D eigenvalue weighted by atomic mass is 35.5. The summed E-state index contributed by atoms with van der Waals surface area (Å²) in [5, 5.41) is 8.18. The summed E-state index contributed by atoms with van der Waals surface area (Å²) >= 11 is 9.50. The van der Waals surface area contributed by atoms with E-state index in [1.807, 2.05) is 18.5 Å². The summed E-state index contributed by atoms with van der Waals surface area (Å²) in [6.07, 6.45) is 0. The molecule has 1 N–H and O–H groups in total. The topological polar surface area (TPSA) is 12.0 Å². The van der Waals surface area contributed by atoms with Gasteiger partial charge in [0.1, 0.15) is 0 Å². The molecule has 0 saturated heterocycles. The molecule has 0 spiro atoms. The van der Waals surface area contributed by atoms with E-state index in [4.69, 9.17) is 11.6 Å². The molecule has 2 aromatic heterocycles. The molecule has 0 aliphatic carbocycles. The summed E-state index contributed by atoms with van der Waals surface area (Å²) in [7, 11) is 1.95. The zero-order valence-electron chi connectivity index (χ0n) is 7.71. The van der Waals surface area contributed by atoms with E-state index in [0.29, 0.717) is 0 Å². The van der Waals surface area contributed by atoms with E-state index >= 15 is 0 Å². The SMILES string of the molecule is CNCc1csc(-c2sccc2Cl)c1. The molecule has 0 aliphatic heterocycles. The normalized spacial score (nSPS) is 10.7. The van der Waals surface area contributed by atoms with Gasteiger partial charge in [0.2, 0.25) is 0 Å². The molecular formula is C10H10ClNS2. The van der Waals surface area contributed by atoms with E-state index in [1.165, 1.54) is 15.3 Å². The lowest BCUT2D eigenvalue weighted by molar-refractivity contribution is 0.821. The van der Waals surface area contributed by atoms with Gasteiger partial charge in [0.05, 0.1) is 9.90 Å². The summed E-state index contributed by atoms with van der Waals surface area (Å²) in [4.78, 5) is 2.44. The number of thiophene rings is 2. The van der Waals surface area contributed by atoms with Crippen molar-refractivity contribution in [2.45, 2.75) is 6.54 Å². The van der Waals surface area contributed by atoms with Gasteiger partial charge in [0, 0.05) is 11.4 Å². The summed E-state index contributed by atoms with van der Waals surface area (Å²) in [5.74, 6) is 0. The van der Waals surface area contributed by atoms with Crippen molar-refractivity contribution in [3.63, 3.8) is 0 Å².